The standard InChI is InChI=1S/C49H31N3O2S/c50-48(31-25-23-30(24-26-31)38-27-39-34-15-3-6-19-40(34)54-46(39)45-36-17-5-8-22-43(36)55-47(38)45)52-49(51-28-32-13-9-12-29-11-1-2-14-33(29)32)37-18-10-21-42-44(37)35-16-4-7-20-41(35)53-42/h1-27H,28H2,(H2,50,51,52). The zero-order valence-corrected chi connectivity index (χ0v) is 30.3. The van der Waals surface area contributed by atoms with Crippen LogP contribution in [0.2, 0.25) is 0 Å². The highest BCUT2D eigenvalue weighted by molar-refractivity contribution is 7.26. The SMILES string of the molecule is NC(=NC(=NCc1cccc2ccccc12)c1cccc2oc3ccccc3c12)c1ccc(-c2cc3c4ccccc4oc3c3c2sc2ccccc23)cc1. The quantitative estimate of drug-likeness (QED) is 0.142. The number of hydrogen-bond donors (Lipinski definition) is 1. The predicted octanol–water partition coefficient (Wildman–Crippen LogP) is 13.0. The van der Waals surface area contributed by atoms with E-state index in [0.29, 0.717) is 18.2 Å². The Labute approximate surface area is 319 Å². The summed E-state index contributed by atoms with van der Waals surface area (Å²) in [5, 5.41) is 8.91. The van der Waals surface area contributed by atoms with E-state index in [0.717, 1.165) is 77.1 Å². The van der Waals surface area contributed by atoms with E-state index in [4.69, 9.17) is 24.6 Å². The summed E-state index contributed by atoms with van der Waals surface area (Å²) in [6.45, 7) is 0.439. The van der Waals surface area contributed by atoms with Crippen LogP contribution in [0.3, 0.4) is 0 Å². The summed E-state index contributed by atoms with van der Waals surface area (Å²) in [5.74, 6) is 0.937. The lowest BCUT2D eigenvalue weighted by atomic mass is 9.98. The summed E-state index contributed by atoms with van der Waals surface area (Å²) >= 11 is 1.80. The van der Waals surface area contributed by atoms with Crippen LogP contribution in [0.15, 0.2) is 183 Å². The van der Waals surface area contributed by atoms with Crippen molar-refractivity contribution in [1.29, 1.82) is 0 Å². The number of furan rings is 2. The maximum absolute atomic E-state index is 6.91. The fourth-order valence-corrected chi connectivity index (χ4v) is 9.25. The molecule has 260 valence electrons. The highest BCUT2D eigenvalue weighted by Crippen LogP contribution is 2.46. The number of amidine groups is 2. The molecule has 0 amide bonds. The average molecular weight is 726 g/mol. The molecule has 0 saturated heterocycles. The first-order valence-electron chi connectivity index (χ1n) is 18.3. The van der Waals surface area contributed by atoms with Crippen LogP contribution >= 0.6 is 11.3 Å². The number of fused-ring (bicyclic) bond motifs is 11. The van der Waals surface area contributed by atoms with Gasteiger partial charge in [0.2, 0.25) is 0 Å². The molecule has 3 heterocycles. The maximum Gasteiger partial charge on any atom is 0.158 e. The lowest BCUT2D eigenvalue weighted by Crippen LogP contribution is -2.16. The van der Waals surface area contributed by atoms with Gasteiger partial charge in [-0.05, 0) is 52.2 Å². The molecule has 0 unspecified atom stereocenters. The highest BCUT2D eigenvalue weighted by Gasteiger charge is 2.20. The summed E-state index contributed by atoms with van der Waals surface area (Å²) in [5.41, 5.74) is 15.4. The molecule has 5 nitrogen and oxygen atoms in total. The molecule has 0 aliphatic carbocycles. The molecular weight excluding hydrogens is 695 g/mol. The van der Waals surface area contributed by atoms with Gasteiger partial charge in [0.05, 0.1) is 6.54 Å². The molecule has 11 aromatic rings. The Balaban J connectivity index is 1.04. The van der Waals surface area contributed by atoms with Crippen LogP contribution in [0.1, 0.15) is 16.7 Å². The number of aliphatic imine (C=N–C) groups is 2. The van der Waals surface area contributed by atoms with Gasteiger partial charge in [0, 0.05) is 58.4 Å². The molecule has 6 heteroatoms. The van der Waals surface area contributed by atoms with Crippen molar-refractivity contribution in [3.05, 3.63) is 180 Å². The van der Waals surface area contributed by atoms with Crippen LogP contribution in [0, 0.1) is 0 Å². The van der Waals surface area contributed by atoms with Gasteiger partial charge in [-0.3, -0.25) is 4.99 Å². The second-order valence-corrected chi connectivity index (χ2v) is 14.9. The number of para-hydroxylation sites is 2. The van der Waals surface area contributed by atoms with Gasteiger partial charge in [-0.2, -0.15) is 0 Å². The third kappa shape index (κ3) is 5.14. The van der Waals surface area contributed by atoms with Crippen LogP contribution < -0.4 is 5.73 Å². The van der Waals surface area contributed by atoms with E-state index in [1.165, 1.54) is 25.6 Å². The molecule has 0 bridgehead atoms. The minimum Gasteiger partial charge on any atom is -0.456 e. The van der Waals surface area contributed by atoms with Crippen molar-refractivity contribution in [3.8, 4) is 11.1 Å². The molecule has 8 aromatic carbocycles. The van der Waals surface area contributed by atoms with Crippen LogP contribution in [0.5, 0.6) is 0 Å². The minimum atomic E-state index is 0.385. The summed E-state index contributed by atoms with van der Waals surface area (Å²) in [6, 6.07) is 56.4. The van der Waals surface area contributed by atoms with Gasteiger partial charge < -0.3 is 14.6 Å². The van der Waals surface area contributed by atoms with E-state index < -0.39 is 0 Å². The van der Waals surface area contributed by atoms with Crippen LogP contribution in [0.25, 0.3) is 85.9 Å². The Morgan fingerprint density at radius 1 is 0.564 bits per heavy atom. The van der Waals surface area contributed by atoms with Gasteiger partial charge in [-0.25, -0.2) is 4.99 Å². The minimum absolute atomic E-state index is 0.385. The van der Waals surface area contributed by atoms with Gasteiger partial charge in [0.15, 0.2) is 5.84 Å². The molecule has 0 atom stereocenters. The summed E-state index contributed by atoms with van der Waals surface area (Å²) < 4.78 is 15.2. The van der Waals surface area contributed by atoms with Gasteiger partial charge in [-0.15, -0.1) is 11.3 Å². The van der Waals surface area contributed by atoms with E-state index in [9.17, 15) is 0 Å². The Kier molecular flexibility index (Phi) is 7.19. The molecule has 0 aliphatic rings. The van der Waals surface area contributed by atoms with Crippen LogP contribution in [-0.4, -0.2) is 11.7 Å². The number of hydrogen-bond acceptors (Lipinski definition) is 4. The van der Waals surface area contributed by atoms with Crippen molar-refractivity contribution in [2.24, 2.45) is 15.7 Å². The topological polar surface area (TPSA) is 77.0 Å². The first kappa shape index (κ1) is 31.5. The molecule has 0 radical (unpaired) electrons. The van der Waals surface area contributed by atoms with Crippen molar-refractivity contribution in [2.75, 3.05) is 0 Å². The van der Waals surface area contributed by atoms with Gasteiger partial charge in [-0.1, -0.05) is 133 Å². The summed E-state index contributed by atoms with van der Waals surface area (Å²) in [7, 11) is 0. The smallest absolute Gasteiger partial charge is 0.158 e. The Bertz CT molecular complexity index is 3360. The Morgan fingerprint density at radius 2 is 1.24 bits per heavy atom. The van der Waals surface area contributed by atoms with Crippen molar-refractivity contribution in [1.82, 2.24) is 0 Å². The molecule has 11 rings (SSSR count). The first-order valence-corrected chi connectivity index (χ1v) is 19.1. The summed E-state index contributed by atoms with van der Waals surface area (Å²) in [6.07, 6.45) is 0. The first-order chi connectivity index (χ1) is 27.2. The van der Waals surface area contributed by atoms with Crippen molar-refractivity contribution < 1.29 is 8.83 Å². The molecule has 0 fully saturated rings. The molecule has 3 aromatic heterocycles. The Morgan fingerprint density at radius 3 is 2.09 bits per heavy atom. The van der Waals surface area contributed by atoms with Crippen LogP contribution in [-0.2, 0) is 6.54 Å². The monoisotopic (exact) mass is 725 g/mol. The molecule has 0 saturated carbocycles. The lowest BCUT2D eigenvalue weighted by Gasteiger charge is -2.10. The number of benzene rings is 8. The van der Waals surface area contributed by atoms with Gasteiger partial charge >= 0.3 is 0 Å². The average Bonchev–Trinajstić information content (AvgIpc) is 3.93. The molecular formula is C49H31N3O2S. The number of nitrogens with two attached hydrogens (primary N) is 1. The second-order valence-electron chi connectivity index (χ2n) is 13.8. The molecule has 0 spiro atoms. The third-order valence-corrected chi connectivity index (χ3v) is 11.8. The van der Waals surface area contributed by atoms with Crippen molar-refractivity contribution in [2.45, 2.75) is 6.54 Å². The zero-order valence-electron chi connectivity index (χ0n) is 29.5. The molecule has 2 N–H and O–H groups in total. The molecule has 55 heavy (non-hydrogen) atoms. The number of thiophene rings is 1. The van der Waals surface area contributed by atoms with Crippen LogP contribution in [0.4, 0.5) is 0 Å². The normalized spacial score (nSPS) is 12.7. The number of nitrogens with zero attached hydrogens (tertiary/aromatic N) is 2. The van der Waals surface area contributed by atoms with E-state index >= 15 is 0 Å². The fourth-order valence-electron chi connectivity index (χ4n) is 8.01. The van der Waals surface area contributed by atoms with E-state index in [2.05, 4.69) is 121 Å². The van der Waals surface area contributed by atoms with E-state index in [1.54, 1.807) is 11.3 Å². The predicted molar refractivity (Wildman–Crippen MR) is 231 cm³/mol. The molecule has 0 aliphatic heterocycles. The fraction of sp³-hybridized carbons (Fsp3) is 0.0204. The van der Waals surface area contributed by atoms with Crippen molar-refractivity contribution in [3.63, 3.8) is 0 Å². The second kappa shape index (κ2) is 12.5. The van der Waals surface area contributed by atoms with Crippen molar-refractivity contribution >= 4 is 97.8 Å². The zero-order chi connectivity index (χ0) is 36.5. The lowest BCUT2D eigenvalue weighted by molar-refractivity contribution is 0.669. The third-order valence-electron chi connectivity index (χ3n) is 10.6. The number of rotatable bonds is 5. The van der Waals surface area contributed by atoms with E-state index in [-0.39, 0.29) is 0 Å². The maximum atomic E-state index is 6.91. The Hall–Kier alpha value is -7.02. The van der Waals surface area contributed by atoms with Gasteiger partial charge in [0.1, 0.15) is 28.2 Å². The highest BCUT2D eigenvalue weighted by atomic mass is 32.1. The summed E-state index contributed by atoms with van der Waals surface area (Å²) in [4.78, 5) is 10.3. The largest absolute Gasteiger partial charge is 0.456 e. The van der Waals surface area contributed by atoms with Gasteiger partial charge in [0.25, 0.3) is 0 Å². The van der Waals surface area contributed by atoms with E-state index in [1.807, 2.05) is 42.5 Å².